The van der Waals surface area contributed by atoms with Gasteiger partial charge in [0.2, 0.25) is 0 Å². The summed E-state index contributed by atoms with van der Waals surface area (Å²) in [5.74, 6) is 1.99. The number of thioether (sulfide) groups is 2. The summed E-state index contributed by atoms with van der Waals surface area (Å²) in [5, 5.41) is 0. The van der Waals surface area contributed by atoms with Gasteiger partial charge in [-0.3, -0.25) is 4.79 Å². The van der Waals surface area contributed by atoms with Crippen molar-refractivity contribution < 1.29 is 9.53 Å². The number of aromatic nitrogens is 1. The summed E-state index contributed by atoms with van der Waals surface area (Å²) in [5.41, 5.74) is 2.28. The van der Waals surface area contributed by atoms with Gasteiger partial charge >= 0.3 is 0 Å². The molecule has 0 saturated heterocycles. The summed E-state index contributed by atoms with van der Waals surface area (Å²) in [7, 11) is 1.66. The zero-order valence-corrected chi connectivity index (χ0v) is 18.0. The number of fused-ring (bicyclic) bond motifs is 1. The number of nitrogens with zero attached hydrogens (tertiary/aromatic N) is 2. The van der Waals surface area contributed by atoms with Crippen molar-refractivity contribution in [3.8, 4) is 5.75 Å². The number of benzene rings is 2. The molecule has 0 unspecified atom stereocenters. The number of methoxy groups -OCH3 is 1. The van der Waals surface area contributed by atoms with Gasteiger partial charge in [0.1, 0.15) is 5.75 Å². The monoisotopic (exact) mass is 418 g/mol. The molecule has 0 aliphatic rings. The molecule has 142 valence electrons. The Labute approximate surface area is 171 Å². The standard InChI is InChI=1S/C20H22N2O2S3/c1-14-4-7-16(8-5-14)26-13-19(23)21-20-22(10-11-25-3)17-12-15(24-2)6-9-18(17)27-20/h4-9,12H,10-11,13H2,1-3H3. The van der Waals surface area contributed by atoms with Crippen molar-refractivity contribution in [2.24, 2.45) is 4.99 Å². The van der Waals surface area contributed by atoms with Crippen LogP contribution in [0.3, 0.4) is 0 Å². The minimum atomic E-state index is -0.114. The van der Waals surface area contributed by atoms with Gasteiger partial charge < -0.3 is 9.30 Å². The maximum absolute atomic E-state index is 12.5. The first-order chi connectivity index (χ1) is 13.1. The minimum absolute atomic E-state index is 0.114. The zero-order chi connectivity index (χ0) is 19.2. The van der Waals surface area contributed by atoms with E-state index in [1.54, 1.807) is 30.2 Å². The molecule has 0 aliphatic heterocycles. The molecule has 0 saturated carbocycles. The van der Waals surface area contributed by atoms with Gasteiger partial charge in [-0.1, -0.05) is 29.0 Å². The van der Waals surface area contributed by atoms with E-state index in [4.69, 9.17) is 4.74 Å². The van der Waals surface area contributed by atoms with Crippen LogP contribution in [0.2, 0.25) is 0 Å². The molecule has 4 nitrogen and oxygen atoms in total. The smallest absolute Gasteiger partial charge is 0.258 e. The second kappa shape index (κ2) is 9.48. The molecule has 27 heavy (non-hydrogen) atoms. The molecule has 7 heteroatoms. The lowest BCUT2D eigenvalue weighted by Gasteiger charge is -2.05. The lowest BCUT2D eigenvalue weighted by Crippen LogP contribution is -2.18. The number of rotatable bonds is 7. The van der Waals surface area contributed by atoms with Crippen molar-refractivity contribution in [1.29, 1.82) is 0 Å². The molecule has 3 aromatic rings. The van der Waals surface area contributed by atoms with Gasteiger partial charge in [0.15, 0.2) is 4.80 Å². The Hall–Kier alpha value is -1.70. The van der Waals surface area contributed by atoms with Crippen LogP contribution in [0.4, 0.5) is 0 Å². The van der Waals surface area contributed by atoms with Crippen LogP contribution in [0, 0.1) is 6.92 Å². The van der Waals surface area contributed by atoms with Crippen molar-refractivity contribution in [2.75, 3.05) is 24.9 Å². The number of carbonyl (C=O) groups is 1. The molecular formula is C20H22N2O2S3. The average molecular weight is 419 g/mol. The van der Waals surface area contributed by atoms with Crippen LogP contribution in [-0.2, 0) is 11.3 Å². The van der Waals surface area contributed by atoms with Gasteiger partial charge in [-0.2, -0.15) is 16.8 Å². The molecule has 3 rings (SSSR count). The zero-order valence-electron chi connectivity index (χ0n) is 15.6. The predicted octanol–water partition coefficient (Wildman–Crippen LogP) is 4.60. The number of amides is 1. The number of hydrogen-bond donors (Lipinski definition) is 0. The molecule has 0 N–H and O–H groups in total. The maximum Gasteiger partial charge on any atom is 0.258 e. The number of ether oxygens (including phenoxy) is 1. The van der Waals surface area contributed by atoms with E-state index in [0.717, 1.165) is 38.0 Å². The van der Waals surface area contributed by atoms with Crippen molar-refractivity contribution in [1.82, 2.24) is 4.57 Å². The fraction of sp³-hybridized carbons (Fsp3) is 0.300. The summed E-state index contributed by atoms with van der Waals surface area (Å²) < 4.78 is 8.58. The molecule has 0 bridgehead atoms. The second-order valence-electron chi connectivity index (χ2n) is 5.97. The molecule has 0 aliphatic carbocycles. The first-order valence-corrected chi connectivity index (χ1v) is 11.7. The Morgan fingerprint density at radius 3 is 2.70 bits per heavy atom. The molecule has 0 radical (unpaired) electrons. The van der Waals surface area contributed by atoms with E-state index >= 15 is 0 Å². The van der Waals surface area contributed by atoms with Crippen LogP contribution >= 0.6 is 34.9 Å². The fourth-order valence-electron chi connectivity index (χ4n) is 2.58. The van der Waals surface area contributed by atoms with Crippen LogP contribution in [0.1, 0.15) is 5.56 Å². The van der Waals surface area contributed by atoms with Gasteiger partial charge in [0.25, 0.3) is 5.91 Å². The van der Waals surface area contributed by atoms with Crippen LogP contribution in [0.25, 0.3) is 10.2 Å². The molecule has 1 aromatic heterocycles. The van der Waals surface area contributed by atoms with Crippen LogP contribution in [-0.4, -0.2) is 35.3 Å². The van der Waals surface area contributed by atoms with Gasteiger partial charge in [-0.15, -0.1) is 11.8 Å². The van der Waals surface area contributed by atoms with Gasteiger partial charge in [0.05, 0.1) is 23.1 Å². The van der Waals surface area contributed by atoms with E-state index in [-0.39, 0.29) is 5.91 Å². The van der Waals surface area contributed by atoms with Crippen LogP contribution in [0.5, 0.6) is 5.75 Å². The highest BCUT2D eigenvalue weighted by Gasteiger charge is 2.09. The maximum atomic E-state index is 12.5. The highest BCUT2D eigenvalue weighted by molar-refractivity contribution is 8.00. The first kappa shape index (κ1) is 20.0. The summed E-state index contributed by atoms with van der Waals surface area (Å²) in [6.45, 7) is 2.87. The largest absolute Gasteiger partial charge is 0.497 e. The van der Waals surface area contributed by atoms with Gasteiger partial charge in [0, 0.05) is 23.3 Å². The van der Waals surface area contributed by atoms with Gasteiger partial charge in [-0.25, -0.2) is 0 Å². The number of aryl methyl sites for hydroxylation is 2. The Balaban J connectivity index is 1.86. The highest BCUT2D eigenvalue weighted by atomic mass is 32.2. The summed E-state index contributed by atoms with van der Waals surface area (Å²) in [6, 6.07) is 14.2. The van der Waals surface area contributed by atoms with Crippen molar-refractivity contribution in [3.63, 3.8) is 0 Å². The lowest BCUT2D eigenvalue weighted by molar-refractivity contribution is -0.115. The third kappa shape index (κ3) is 5.18. The molecule has 0 spiro atoms. The Bertz CT molecular complexity index is 991. The van der Waals surface area contributed by atoms with Crippen molar-refractivity contribution in [2.45, 2.75) is 18.4 Å². The molecule has 1 amide bonds. The quantitative estimate of drug-likeness (QED) is 0.526. The lowest BCUT2D eigenvalue weighted by atomic mass is 10.2. The predicted molar refractivity (Wildman–Crippen MR) is 117 cm³/mol. The van der Waals surface area contributed by atoms with E-state index in [9.17, 15) is 4.79 Å². The summed E-state index contributed by atoms with van der Waals surface area (Å²) in [6.07, 6.45) is 2.08. The molecule has 2 aromatic carbocycles. The molecule has 0 fully saturated rings. The first-order valence-electron chi connectivity index (χ1n) is 8.54. The van der Waals surface area contributed by atoms with E-state index < -0.39 is 0 Å². The van der Waals surface area contributed by atoms with E-state index in [1.165, 1.54) is 17.3 Å². The average Bonchev–Trinajstić information content (AvgIpc) is 3.01. The van der Waals surface area contributed by atoms with Crippen LogP contribution in [0.15, 0.2) is 52.4 Å². The normalized spacial score (nSPS) is 11.9. The van der Waals surface area contributed by atoms with Crippen molar-refractivity contribution in [3.05, 3.63) is 52.8 Å². The third-order valence-corrected chi connectivity index (χ3v) is 6.66. The van der Waals surface area contributed by atoms with Crippen LogP contribution < -0.4 is 9.54 Å². The fourth-order valence-corrected chi connectivity index (χ4v) is 4.68. The van der Waals surface area contributed by atoms with E-state index in [2.05, 4.69) is 34.9 Å². The highest BCUT2D eigenvalue weighted by Crippen LogP contribution is 2.23. The number of thiazole rings is 1. The Morgan fingerprint density at radius 1 is 1.22 bits per heavy atom. The topological polar surface area (TPSA) is 43.6 Å². The van der Waals surface area contributed by atoms with E-state index in [1.807, 2.05) is 30.3 Å². The second-order valence-corrected chi connectivity index (χ2v) is 9.01. The van der Waals surface area contributed by atoms with Crippen molar-refractivity contribution >= 4 is 51.0 Å². The SMILES string of the molecule is COc1ccc2sc(=NC(=O)CSc3ccc(C)cc3)n(CCSC)c2c1. The molecule has 1 heterocycles. The number of carbonyl (C=O) groups excluding carboxylic acids is 1. The third-order valence-electron chi connectivity index (χ3n) is 4.01. The number of hydrogen-bond acceptors (Lipinski definition) is 5. The Morgan fingerprint density at radius 2 is 2.00 bits per heavy atom. The summed E-state index contributed by atoms with van der Waals surface area (Å²) >= 11 is 4.84. The Kier molecular flexibility index (Phi) is 7.04. The minimum Gasteiger partial charge on any atom is -0.497 e. The molecular weight excluding hydrogens is 396 g/mol. The van der Waals surface area contributed by atoms with E-state index in [0.29, 0.717) is 5.75 Å². The molecule has 0 atom stereocenters. The summed E-state index contributed by atoms with van der Waals surface area (Å²) in [4.78, 5) is 18.7. The van der Waals surface area contributed by atoms with Gasteiger partial charge in [-0.05, 0) is 37.4 Å².